The van der Waals surface area contributed by atoms with Crippen LogP contribution in [0.4, 0.5) is 8.78 Å². The van der Waals surface area contributed by atoms with E-state index >= 15 is 0 Å². The molecule has 0 bridgehead atoms. The molecule has 1 aliphatic heterocycles. The van der Waals surface area contributed by atoms with Crippen molar-refractivity contribution in [2.45, 2.75) is 39.0 Å². The molecular weight excluding hydrogens is 440 g/mol. The van der Waals surface area contributed by atoms with Gasteiger partial charge in [-0.05, 0) is 40.0 Å². The standard InChI is InChI=1S/C16H14F2N4O2.C5H11NOS/c1-9(2)22-13-3-10(8-23)5-20-15(13)14(21-22)11-4-12(7-19-6-11)24-16(17)18;1-5(6-2)3-8(7)4-5/h3-9,16H,1-2H3;6H,3-4H2,1-2H3. The summed E-state index contributed by atoms with van der Waals surface area (Å²) < 4.78 is 41.4. The van der Waals surface area contributed by atoms with Crippen LogP contribution in [0.1, 0.15) is 37.2 Å². The van der Waals surface area contributed by atoms with Gasteiger partial charge in [-0.3, -0.25) is 23.7 Å². The molecule has 0 atom stereocenters. The number of fused-ring (bicyclic) bond motifs is 1. The first-order valence-electron chi connectivity index (χ1n) is 9.93. The van der Waals surface area contributed by atoms with Crippen molar-refractivity contribution < 1.29 is 22.5 Å². The second-order valence-corrected chi connectivity index (χ2v) is 9.43. The zero-order valence-corrected chi connectivity index (χ0v) is 19.0. The summed E-state index contributed by atoms with van der Waals surface area (Å²) in [5.74, 6) is 1.59. The fraction of sp³-hybridized carbons (Fsp3) is 0.429. The third-order valence-corrected chi connectivity index (χ3v) is 6.89. The highest BCUT2D eigenvalue weighted by molar-refractivity contribution is 7.86. The normalized spacial score (nSPS) is 20.1. The summed E-state index contributed by atoms with van der Waals surface area (Å²) in [6.45, 7) is 3.05. The van der Waals surface area contributed by atoms with E-state index in [9.17, 15) is 17.8 Å². The molecule has 0 radical (unpaired) electrons. The predicted octanol–water partition coefficient (Wildman–Crippen LogP) is 3.21. The molecule has 1 fully saturated rings. The van der Waals surface area contributed by atoms with Gasteiger partial charge < -0.3 is 10.1 Å². The summed E-state index contributed by atoms with van der Waals surface area (Å²) in [5, 5.41) is 7.63. The molecule has 1 N–H and O–H groups in total. The Morgan fingerprint density at radius 2 is 1.97 bits per heavy atom. The zero-order valence-electron chi connectivity index (χ0n) is 18.2. The minimum absolute atomic E-state index is 0.0263. The molecule has 4 heterocycles. The number of carbonyl (C=O) groups excluding carboxylic acids is 1. The molecule has 1 saturated heterocycles. The first-order valence-corrected chi connectivity index (χ1v) is 11.4. The van der Waals surface area contributed by atoms with Crippen LogP contribution in [0.2, 0.25) is 0 Å². The average Bonchev–Trinajstić information content (AvgIpc) is 3.12. The summed E-state index contributed by atoms with van der Waals surface area (Å²) in [6.07, 6.45) is 4.86. The second kappa shape index (κ2) is 9.78. The van der Waals surface area contributed by atoms with Crippen LogP contribution in [-0.4, -0.2) is 60.9 Å². The highest BCUT2D eigenvalue weighted by Crippen LogP contribution is 2.30. The number of aldehydes is 1. The number of aromatic nitrogens is 4. The molecule has 0 spiro atoms. The van der Waals surface area contributed by atoms with Crippen LogP contribution in [0.3, 0.4) is 0 Å². The molecule has 0 unspecified atom stereocenters. The fourth-order valence-electron chi connectivity index (χ4n) is 3.22. The Morgan fingerprint density at radius 3 is 2.50 bits per heavy atom. The van der Waals surface area contributed by atoms with Gasteiger partial charge in [-0.15, -0.1) is 0 Å². The van der Waals surface area contributed by atoms with Crippen molar-refractivity contribution in [1.29, 1.82) is 0 Å². The Labute approximate surface area is 186 Å². The van der Waals surface area contributed by atoms with Crippen LogP contribution in [0.15, 0.2) is 30.7 Å². The van der Waals surface area contributed by atoms with E-state index in [0.717, 1.165) is 11.5 Å². The Kier molecular flexibility index (Phi) is 7.29. The summed E-state index contributed by atoms with van der Waals surface area (Å²) in [5.41, 5.74) is 2.86. The lowest BCUT2D eigenvalue weighted by Gasteiger charge is -2.36. The van der Waals surface area contributed by atoms with Crippen LogP contribution in [0, 0.1) is 0 Å². The fourth-order valence-corrected chi connectivity index (χ4v) is 4.84. The summed E-state index contributed by atoms with van der Waals surface area (Å²) in [4.78, 5) is 19.2. The van der Waals surface area contributed by atoms with Crippen LogP contribution < -0.4 is 10.1 Å². The quantitative estimate of drug-likeness (QED) is 0.558. The molecule has 0 aromatic carbocycles. The van der Waals surface area contributed by atoms with Crippen molar-refractivity contribution in [1.82, 2.24) is 25.1 Å². The number of hydrogen-bond donors (Lipinski definition) is 1. The van der Waals surface area contributed by atoms with Crippen LogP contribution in [0.25, 0.3) is 22.3 Å². The van der Waals surface area contributed by atoms with Crippen molar-refractivity contribution >= 4 is 28.1 Å². The lowest BCUT2D eigenvalue weighted by Crippen LogP contribution is -2.58. The monoisotopic (exact) mass is 465 g/mol. The van der Waals surface area contributed by atoms with Gasteiger partial charge in [0.25, 0.3) is 0 Å². The van der Waals surface area contributed by atoms with Crippen LogP contribution in [0.5, 0.6) is 5.75 Å². The minimum atomic E-state index is -2.93. The number of halogens is 2. The van der Waals surface area contributed by atoms with E-state index in [-0.39, 0.29) is 17.3 Å². The number of alkyl halides is 2. The lowest BCUT2D eigenvalue weighted by atomic mass is 10.1. The van der Waals surface area contributed by atoms with Gasteiger partial charge in [0.2, 0.25) is 0 Å². The van der Waals surface area contributed by atoms with Gasteiger partial charge in [-0.2, -0.15) is 13.9 Å². The van der Waals surface area contributed by atoms with E-state index < -0.39 is 17.4 Å². The molecule has 0 aliphatic carbocycles. The number of nitrogens with one attached hydrogen (secondary N) is 1. The molecule has 1 aliphatic rings. The van der Waals surface area contributed by atoms with Gasteiger partial charge in [0, 0.05) is 57.4 Å². The van der Waals surface area contributed by atoms with E-state index in [1.165, 1.54) is 24.7 Å². The molecule has 3 aromatic heterocycles. The van der Waals surface area contributed by atoms with Crippen molar-refractivity contribution in [3.05, 3.63) is 36.3 Å². The maximum atomic E-state index is 12.4. The maximum absolute atomic E-state index is 12.4. The molecule has 11 heteroatoms. The van der Waals surface area contributed by atoms with Gasteiger partial charge in [0.15, 0.2) is 6.29 Å². The van der Waals surface area contributed by atoms with Gasteiger partial charge in [-0.1, -0.05) is 0 Å². The summed E-state index contributed by atoms with van der Waals surface area (Å²) in [7, 11) is 1.39. The van der Waals surface area contributed by atoms with Crippen molar-refractivity contribution in [2.24, 2.45) is 0 Å². The Morgan fingerprint density at radius 1 is 1.25 bits per heavy atom. The summed E-state index contributed by atoms with van der Waals surface area (Å²) >= 11 is 0. The maximum Gasteiger partial charge on any atom is 0.387 e. The van der Waals surface area contributed by atoms with Gasteiger partial charge in [-0.25, -0.2) is 0 Å². The minimum Gasteiger partial charge on any atom is -0.433 e. The molecule has 32 heavy (non-hydrogen) atoms. The van der Waals surface area contributed by atoms with Crippen LogP contribution >= 0.6 is 0 Å². The topological polar surface area (TPSA) is 99.0 Å². The van der Waals surface area contributed by atoms with Crippen LogP contribution in [-0.2, 0) is 10.8 Å². The number of ether oxygens (including phenoxy) is 1. The van der Waals surface area contributed by atoms with E-state index in [4.69, 9.17) is 0 Å². The molecule has 4 rings (SSSR count). The Bertz CT molecular complexity index is 1130. The molecule has 8 nitrogen and oxygen atoms in total. The van der Waals surface area contributed by atoms with E-state index in [0.29, 0.717) is 34.1 Å². The molecule has 172 valence electrons. The third kappa shape index (κ3) is 5.33. The first kappa shape index (κ1) is 23.9. The number of carbonyl (C=O) groups is 1. The number of nitrogens with zero attached hydrogens (tertiary/aromatic N) is 4. The highest BCUT2D eigenvalue weighted by atomic mass is 32.2. The molecule has 3 aromatic rings. The van der Waals surface area contributed by atoms with Crippen molar-refractivity contribution in [2.75, 3.05) is 18.6 Å². The number of rotatable bonds is 6. The van der Waals surface area contributed by atoms with E-state index in [1.807, 2.05) is 20.9 Å². The van der Waals surface area contributed by atoms with E-state index in [1.54, 1.807) is 10.7 Å². The molecule has 0 amide bonds. The second-order valence-electron chi connectivity index (χ2n) is 7.97. The molecule has 0 saturated carbocycles. The highest BCUT2D eigenvalue weighted by Gasteiger charge is 2.36. The van der Waals surface area contributed by atoms with Gasteiger partial charge >= 0.3 is 6.61 Å². The largest absolute Gasteiger partial charge is 0.433 e. The van der Waals surface area contributed by atoms with E-state index in [2.05, 4.69) is 32.0 Å². The van der Waals surface area contributed by atoms with Crippen molar-refractivity contribution in [3.63, 3.8) is 0 Å². The number of hydrogen-bond acceptors (Lipinski definition) is 7. The van der Waals surface area contributed by atoms with Gasteiger partial charge in [0.1, 0.15) is 17.0 Å². The average molecular weight is 466 g/mol. The molecular formula is C21H25F2N5O3S. The third-order valence-electron chi connectivity index (χ3n) is 4.97. The Balaban J connectivity index is 0.000000305. The number of pyridine rings is 2. The predicted molar refractivity (Wildman–Crippen MR) is 119 cm³/mol. The first-order chi connectivity index (χ1) is 15.2. The lowest BCUT2D eigenvalue weighted by molar-refractivity contribution is -0.0500. The Hall–Kier alpha value is -2.79. The smallest absolute Gasteiger partial charge is 0.387 e. The van der Waals surface area contributed by atoms with Crippen molar-refractivity contribution in [3.8, 4) is 17.0 Å². The zero-order chi connectivity index (χ0) is 23.5. The SMILES string of the molecule is CC(C)n1nc(-c2cncc(OC(F)F)c2)c2ncc(C=O)cc21.CNC1(C)CS(=O)C1. The van der Waals surface area contributed by atoms with Gasteiger partial charge in [0.05, 0.1) is 11.7 Å². The summed E-state index contributed by atoms with van der Waals surface area (Å²) in [6, 6.07) is 3.15.